The van der Waals surface area contributed by atoms with Gasteiger partial charge in [-0.2, -0.15) is 0 Å². The summed E-state index contributed by atoms with van der Waals surface area (Å²) < 4.78 is 18.8. The van der Waals surface area contributed by atoms with Crippen LogP contribution in [0, 0.1) is 12.7 Å². The highest BCUT2D eigenvalue weighted by Gasteiger charge is 2.29. The molecule has 1 aliphatic carbocycles. The third kappa shape index (κ3) is 2.77. The Kier molecular flexibility index (Phi) is 4.34. The second-order valence-electron chi connectivity index (χ2n) is 5.72. The van der Waals surface area contributed by atoms with Gasteiger partial charge in [-0.3, -0.25) is 4.79 Å². The van der Waals surface area contributed by atoms with Gasteiger partial charge in [0.15, 0.2) is 5.78 Å². The third-order valence-electron chi connectivity index (χ3n) is 4.21. The summed E-state index contributed by atoms with van der Waals surface area (Å²) in [6, 6.07) is 6.35. The first-order valence-electron chi connectivity index (χ1n) is 7.91. The van der Waals surface area contributed by atoms with Crippen molar-refractivity contribution in [2.24, 2.45) is 0 Å². The number of nitrogens with one attached hydrogen (secondary N) is 1. The molecule has 1 aliphatic rings. The maximum Gasteiger partial charge on any atom is 0.355 e. The Morgan fingerprint density at radius 2 is 2.08 bits per heavy atom. The SMILES string of the molecule is CCOC(=O)c1[nH]c2c(c1C)C(=O)/C(=C/c1ccccc1F)CC2. The number of aromatic nitrogens is 1. The number of fused-ring (bicyclic) bond motifs is 1. The number of hydrogen-bond donors (Lipinski definition) is 1. The zero-order valence-electron chi connectivity index (χ0n) is 13.6. The number of carbonyl (C=O) groups excluding carboxylic acids is 2. The highest BCUT2D eigenvalue weighted by atomic mass is 19.1. The molecule has 1 aromatic carbocycles. The number of aromatic amines is 1. The van der Waals surface area contributed by atoms with Crippen LogP contribution in [0.3, 0.4) is 0 Å². The molecule has 1 heterocycles. The molecule has 2 aromatic rings. The molecular weight excluding hydrogens is 309 g/mol. The highest BCUT2D eigenvalue weighted by Crippen LogP contribution is 2.31. The van der Waals surface area contributed by atoms with Crippen molar-refractivity contribution in [2.75, 3.05) is 6.61 Å². The van der Waals surface area contributed by atoms with E-state index in [9.17, 15) is 14.0 Å². The van der Waals surface area contributed by atoms with Crippen LogP contribution in [0.5, 0.6) is 0 Å². The molecule has 5 heteroatoms. The molecule has 0 amide bonds. The summed E-state index contributed by atoms with van der Waals surface area (Å²) in [6.07, 6.45) is 2.70. The number of ether oxygens (including phenoxy) is 1. The largest absolute Gasteiger partial charge is 0.461 e. The van der Waals surface area contributed by atoms with Crippen LogP contribution < -0.4 is 0 Å². The van der Waals surface area contributed by atoms with Crippen molar-refractivity contribution in [3.05, 3.63) is 63.7 Å². The fourth-order valence-corrected chi connectivity index (χ4v) is 3.01. The van der Waals surface area contributed by atoms with E-state index in [0.717, 1.165) is 5.69 Å². The fourth-order valence-electron chi connectivity index (χ4n) is 3.01. The molecule has 24 heavy (non-hydrogen) atoms. The highest BCUT2D eigenvalue weighted by molar-refractivity contribution is 6.15. The van der Waals surface area contributed by atoms with Crippen LogP contribution in [0.1, 0.15) is 51.0 Å². The Balaban J connectivity index is 1.99. The Bertz CT molecular complexity index is 848. The number of ketones is 1. The molecule has 0 saturated carbocycles. The van der Waals surface area contributed by atoms with E-state index in [2.05, 4.69) is 4.98 Å². The predicted octanol–water partition coefficient (Wildman–Crippen LogP) is 3.85. The van der Waals surface area contributed by atoms with Crippen molar-refractivity contribution in [3.63, 3.8) is 0 Å². The van der Waals surface area contributed by atoms with E-state index in [1.165, 1.54) is 6.07 Å². The summed E-state index contributed by atoms with van der Waals surface area (Å²) in [5.41, 5.74) is 3.10. The molecule has 4 nitrogen and oxygen atoms in total. The Morgan fingerprint density at radius 3 is 2.79 bits per heavy atom. The van der Waals surface area contributed by atoms with Crippen LogP contribution in [0.2, 0.25) is 0 Å². The summed E-state index contributed by atoms with van der Waals surface area (Å²) in [5, 5.41) is 0. The number of aryl methyl sites for hydroxylation is 1. The minimum atomic E-state index is -0.461. The van der Waals surface area contributed by atoms with E-state index in [-0.39, 0.29) is 18.2 Å². The van der Waals surface area contributed by atoms with Gasteiger partial charge in [-0.1, -0.05) is 18.2 Å². The molecule has 0 bridgehead atoms. The smallest absolute Gasteiger partial charge is 0.355 e. The molecule has 0 atom stereocenters. The summed E-state index contributed by atoms with van der Waals surface area (Å²) in [7, 11) is 0. The Morgan fingerprint density at radius 1 is 1.33 bits per heavy atom. The molecule has 124 valence electrons. The summed E-state index contributed by atoms with van der Waals surface area (Å²) in [6.45, 7) is 3.73. The quantitative estimate of drug-likeness (QED) is 0.688. The monoisotopic (exact) mass is 327 g/mol. The second-order valence-corrected chi connectivity index (χ2v) is 5.72. The van der Waals surface area contributed by atoms with Crippen LogP contribution >= 0.6 is 0 Å². The van der Waals surface area contributed by atoms with Gasteiger partial charge in [0.1, 0.15) is 11.5 Å². The van der Waals surface area contributed by atoms with Gasteiger partial charge < -0.3 is 9.72 Å². The van der Waals surface area contributed by atoms with E-state index < -0.39 is 5.97 Å². The van der Waals surface area contributed by atoms with Gasteiger partial charge in [-0.25, -0.2) is 9.18 Å². The van der Waals surface area contributed by atoms with Crippen LogP contribution in [0.15, 0.2) is 29.8 Å². The summed E-state index contributed by atoms with van der Waals surface area (Å²) in [5.74, 6) is -0.984. The molecule has 0 radical (unpaired) electrons. The molecule has 0 fully saturated rings. The number of H-pyrrole nitrogens is 1. The summed E-state index contributed by atoms with van der Waals surface area (Å²) >= 11 is 0. The number of esters is 1. The van der Waals surface area contributed by atoms with Crippen molar-refractivity contribution in [2.45, 2.75) is 26.7 Å². The average molecular weight is 327 g/mol. The van der Waals surface area contributed by atoms with Crippen molar-refractivity contribution in [3.8, 4) is 0 Å². The number of carbonyl (C=O) groups is 2. The zero-order chi connectivity index (χ0) is 17.3. The lowest BCUT2D eigenvalue weighted by Crippen LogP contribution is -2.14. The average Bonchev–Trinajstić information content (AvgIpc) is 2.90. The van der Waals surface area contributed by atoms with Crippen LogP contribution in [0.25, 0.3) is 6.08 Å². The molecule has 0 spiro atoms. The lowest BCUT2D eigenvalue weighted by molar-refractivity contribution is 0.0519. The predicted molar refractivity (Wildman–Crippen MR) is 88.5 cm³/mol. The number of Topliss-reactive ketones (excluding diaryl/α,β-unsaturated/α-hetero) is 1. The van der Waals surface area contributed by atoms with Gasteiger partial charge in [0, 0.05) is 22.4 Å². The van der Waals surface area contributed by atoms with Crippen molar-refractivity contribution < 1.29 is 18.7 Å². The van der Waals surface area contributed by atoms with Gasteiger partial charge in [0.25, 0.3) is 0 Å². The molecule has 3 rings (SSSR count). The van der Waals surface area contributed by atoms with E-state index in [4.69, 9.17) is 4.74 Å². The molecular formula is C19H18FNO3. The zero-order valence-corrected chi connectivity index (χ0v) is 13.6. The van der Waals surface area contributed by atoms with E-state index in [0.29, 0.717) is 40.8 Å². The normalized spacial score (nSPS) is 15.5. The standard InChI is InChI=1S/C19H18FNO3/c1-3-24-19(23)17-11(2)16-15(21-17)9-8-13(18(16)22)10-12-6-4-5-7-14(12)20/h4-7,10,21H,3,8-9H2,1-2H3/b13-10+. The summed E-state index contributed by atoms with van der Waals surface area (Å²) in [4.78, 5) is 27.8. The van der Waals surface area contributed by atoms with Crippen molar-refractivity contribution >= 4 is 17.8 Å². The number of benzene rings is 1. The van der Waals surface area contributed by atoms with E-state index in [1.54, 1.807) is 38.1 Å². The maximum absolute atomic E-state index is 13.8. The number of hydrogen-bond acceptors (Lipinski definition) is 3. The molecule has 0 saturated heterocycles. The minimum Gasteiger partial charge on any atom is -0.461 e. The third-order valence-corrected chi connectivity index (χ3v) is 4.21. The lowest BCUT2D eigenvalue weighted by atomic mass is 9.88. The first-order chi connectivity index (χ1) is 11.5. The number of rotatable bonds is 3. The topological polar surface area (TPSA) is 59.2 Å². The molecule has 1 aromatic heterocycles. The fraction of sp³-hybridized carbons (Fsp3) is 0.263. The Labute approximate surface area is 139 Å². The van der Waals surface area contributed by atoms with Gasteiger partial charge in [-0.05, 0) is 44.4 Å². The molecule has 0 aliphatic heterocycles. The Hall–Kier alpha value is -2.69. The minimum absolute atomic E-state index is 0.163. The maximum atomic E-state index is 13.8. The molecule has 0 unspecified atom stereocenters. The van der Waals surface area contributed by atoms with Crippen molar-refractivity contribution in [1.29, 1.82) is 0 Å². The lowest BCUT2D eigenvalue weighted by Gasteiger charge is -2.14. The van der Waals surface area contributed by atoms with Crippen LogP contribution in [-0.4, -0.2) is 23.3 Å². The first-order valence-corrected chi connectivity index (χ1v) is 7.91. The number of allylic oxidation sites excluding steroid dienone is 1. The van der Waals surface area contributed by atoms with E-state index >= 15 is 0 Å². The number of halogens is 1. The molecule has 1 N–H and O–H groups in total. The van der Waals surface area contributed by atoms with Gasteiger partial charge in [0.2, 0.25) is 0 Å². The first kappa shape index (κ1) is 16.2. The second kappa shape index (κ2) is 6.43. The van der Waals surface area contributed by atoms with Crippen molar-refractivity contribution in [1.82, 2.24) is 4.98 Å². The van der Waals surface area contributed by atoms with Gasteiger partial charge >= 0.3 is 5.97 Å². The van der Waals surface area contributed by atoms with E-state index in [1.807, 2.05) is 0 Å². The van der Waals surface area contributed by atoms with Crippen LogP contribution in [0.4, 0.5) is 4.39 Å². The van der Waals surface area contributed by atoms with Crippen LogP contribution in [-0.2, 0) is 11.2 Å². The van der Waals surface area contributed by atoms with Gasteiger partial charge in [-0.15, -0.1) is 0 Å². The van der Waals surface area contributed by atoms with Gasteiger partial charge in [0.05, 0.1) is 6.61 Å².